The highest BCUT2D eigenvalue weighted by Gasteiger charge is 2.26. The third kappa shape index (κ3) is 3.55. The molecule has 2 amide bonds. The molecule has 0 aliphatic carbocycles. The van der Waals surface area contributed by atoms with Crippen LogP contribution in [0.1, 0.15) is 18.2 Å². The minimum absolute atomic E-state index is 0.123. The summed E-state index contributed by atoms with van der Waals surface area (Å²) in [4.78, 5) is 25.6. The summed E-state index contributed by atoms with van der Waals surface area (Å²) in [6.45, 7) is 6.78. The molecule has 0 atom stereocenters. The van der Waals surface area contributed by atoms with Gasteiger partial charge in [-0.2, -0.15) is 14.6 Å². The van der Waals surface area contributed by atoms with Crippen LogP contribution >= 0.6 is 0 Å². The molecule has 0 unspecified atom stereocenters. The van der Waals surface area contributed by atoms with Crippen LogP contribution in [0.4, 0.5) is 16.3 Å². The highest BCUT2D eigenvalue weighted by Crippen LogP contribution is 2.26. The van der Waals surface area contributed by atoms with Crippen molar-refractivity contribution in [2.24, 2.45) is 0 Å². The third-order valence-corrected chi connectivity index (χ3v) is 5.27. The zero-order chi connectivity index (χ0) is 20.4. The molecule has 0 saturated carbocycles. The fraction of sp³-hybridized carbons (Fsp3) is 0.400. The molecule has 3 heterocycles. The summed E-state index contributed by atoms with van der Waals surface area (Å²) in [6, 6.07) is 7.29. The molecule has 29 heavy (non-hydrogen) atoms. The van der Waals surface area contributed by atoms with Gasteiger partial charge in [-0.15, -0.1) is 0 Å². The zero-order valence-corrected chi connectivity index (χ0v) is 16.9. The van der Waals surface area contributed by atoms with Crippen molar-refractivity contribution in [3.8, 4) is 5.75 Å². The molecule has 1 aliphatic heterocycles. The van der Waals surface area contributed by atoms with E-state index in [2.05, 4.69) is 32.2 Å². The number of carbonyl (C=O) groups excluding carboxylic acids is 1. The molecular weight excluding hydrogens is 370 g/mol. The molecule has 0 radical (unpaired) electrons. The van der Waals surface area contributed by atoms with Crippen LogP contribution in [-0.2, 0) is 6.42 Å². The van der Waals surface area contributed by atoms with Gasteiger partial charge in [0.15, 0.2) is 0 Å². The van der Waals surface area contributed by atoms with Crippen molar-refractivity contribution in [2.45, 2.75) is 20.3 Å². The Balaban J connectivity index is 1.49. The van der Waals surface area contributed by atoms with Gasteiger partial charge in [0.1, 0.15) is 17.9 Å². The van der Waals surface area contributed by atoms with E-state index < -0.39 is 0 Å². The molecular formula is C20H25N7O2. The number of anilines is 2. The van der Waals surface area contributed by atoms with E-state index in [-0.39, 0.29) is 6.03 Å². The van der Waals surface area contributed by atoms with Gasteiger partial charge < -0.3 is 19.9 Å². The number of amides is 2. The normalized spacial score (nSPS) is 14.3. The van der Waals surface area contributed by atoms with Gasteiger partial charge in [-0.05, 0) is 25.5 Å². The predicted molar refractivity (Wildman–Crippen MR) is 111 cm³/mol. The highest BCUT2D eigenvalue weighted by atomic mass is 16.5. The highest BCUT2D eigenvalue weighted by molar-refractivity contribution is 5.91. The van der Waals surface area contributed by atoms with E-state index in [1.165, 1.54) is 6.33 Å². The van der Waals surface area contributed by atoms with Crippen LogP contribution in [0, 0.1) is 6.92 Å². The maximum atomic E-state index is 12.7. The van der Waals surface area contributed by atoms with Gasteiger partial charge in [0.05, 0.1) is 12.8 Å². The molecule has 2 aromatic heterocycles. The summed E-state index contributed by atoms with van der Waals surface area (Å²) in [7, 11) is 1.59. The minimum atomic E-state index is -0.123. The predicted octanol–water partition coefficient (Wildman–Crippen LogP) is 2.36. The van der Waals surface area contributed by atoms with Gasteiger partial charge >= 0.3 is 6.03 Å². The fourth-order valence-corrected chi connectivity index (χ4v) is 3.77. The number of methoxy groups -OCH3 is 1. The van der Waals surface area contributed by atoms with Crippen molar-refractivity contribution in [2.75, 3.05) is 43.5 Å². The number of benzene rings is 1. The lowest BCUT2D eigenvalue weighted by atomic mass is 10.1. The molecule has 3 aromatic rings. The molecule has 1 saturated heterocycles. The second kappa shape index (κ2) is 7.94. The number of para-hydroxylation sites is 2. The summed E-state index contributed by atoms with van der Waals surface area (Å²) >= 11 is 0. The van der Waals surface area contributed by atoms with Gasteiger partial charge in [-0.1, -0.05) is 19.1 Å². The number of aromatic nitrogens is 4. The Labute approximate surface area is 169 Å². The van der Waals surface area contributed by atoms with Crippen LogP contribution < -0.4 is 15.0 Å². The van der Waals surface area contributed by atoms with Gasteiger partial charge in [-0.25, -0.2) is 9.78 Å². The Morgan fingerprint density at radius 3 is 2.69 bits per heavy atom. The number of piperazine rings is 1. The van der Waals surface area contributed by atoms with Crippen molar-refractivity contribution >= 4 is 23.3 Å². The maximum Gasteiger partial charge on any atom is 0.322 e. The van der Waals surface area contributed by atoms with Crippen LogP contribution in [0.3, 0.4) is 0 Å². The van der Waals surface area contributed by atoms with E-state index in [0.717, 1.165) is 23.5 Å². The third-order valence-electron chi connectivity index (χ3n) is 5.27. The Morgan fingerprint density at radius 2 is 1.97 bits per heavy atom. The van der Waals surface area contributed by atoms with Crippen molar-refractivity contribution in [1.29, 1.82) is 0 Å². The van der Waals surface area contributed by atoms with E-state index in [0.29, 0.717) is 43.4 Å². The summed E-state index contributed by atoms with van der Waals surface area (Å²) in [5.41, 5.74) is 2.80. The van der Waals surface area contributed by atoms with Crippen molar-refractivity contribution < 1.29 is 9.53 Å². The number of fused-ring (bicyclic) bond motifs is 1. The molecule has 9 heteroatoms. The molecule has 4 rings (SSSR count). The van der Waals surface area contributed by atoms with Crippen molar-refractivity contribution in [3.63, 3.8) is 0 Å². The number of hydrogen-bond donors (Lipinski definition) is 1. The van der Waals surface area contributed by atoms with Gasteiger partial charge in [-0.3, -0.25) is 0 Å². The molecule has 0 spiro atoms. The van der Waals surface area contributed by atoms with Gasteiger partial charge in [0, 0.05) is 37.4 Å². The topological polar surface area (TPSA) is 87.9 Å². The van der Waals surface area contributed by atoms with Crippen LogP contribution in [-0.4, -0.2) is 63.8 Å². The number of carbonyl (C=O) groups is 1. The lowest BCUT2D eigenvalue weighted by Crippen LogP contribution is -2.50. The minimum Gasteiger partial charge on any atom is -0.495 e. The van der Waals surface area contributed by atoms with E-state index in [1.54, 1.807) is 11.6 Å². The SMILES string of the molecule is CCc1c(C)nc2ncnn2c1N1CCN(C(=O)Nc2ccccc2OC)CC1. The number of hydrogen-bond acceptors (Lipinski definition) is 6. The second-order valence-electron chi connectivity index (χ2n) is 6.93. The van der Waals surface area contributed by atoms with Crippen molar-refractivity contribution in [1.82, 2.24) is 24.5 Å². The molecule has 1 aliphatic rings. The lowest BCUT2D eigenvalue weighted by Gasteiger charge is -2.36. The fourth-order valence-electron chi connectivity index (χ4n) is 3.77. The van der Waals surface area contributed by atoms with E-state index in [4.69, 9.17) is 4.74 Å². The molecule has 1 fully saturated rings. The Morgan fingerprint density at radius 1 is 1.21 bits per heavy atom. The molecule has 9 nitrogen and oxygen atoms in total. The zero-order valence-electron chi connectivity index (χ0n) is 16.9. The van der Waals surface area contributed by atoms with E-state index in [9.17, 15) is 4.79 Å². The molecule has 1 aromatic carbocycles. The number of rotatable bonds is 4. The monoisotopic (exact) mass is 395 g/mol. The van der Waals surface area contributed by atoms with E-state index >= 15 is 0 Å². The van der Waals surface area contributed by atoms with Crippen LogP contribution in [0.2, 0.25) is 0 Å². The lowest BCUT2D eigenvalue weighted by molar-refractivity contribution is 0.208. The first-order chi connectivity index (χ1) is 14.1. The summed E-state index contributed by atoms with van der Waals surface area (Å²) < 4.78 is 7.12. The van der Waals surface area contributed by atoms with Crippen LogP contribution in [0.15, 0.2) is 30.6 Å². The first-order valence-electron chi connectivity index (χ1n) is 9.75. The summed E-state index contributed by atoms with van der Waals surface area (Å²) in [5.74, 6) is 2.27. The second-order valence-corrected chi connectivity index (χ2v) is 6.93. The van der Waals surface area contributed by atoms with Crippen LogP contribution in [0.5, 0.6) is 5.75 Å². The molecule has 1 N–H and O–H groups in total. The first-order valence-corrected chi connectivity index (χ1v) is 9.75. The van der Waals surface area contributed by atoms with Crippen molar-refractivity contribution in [3.05, 3.63) is 41.9 Å². The van der Waals surface area contributed by atoms with E-state index in [1.807, 2.05) is 36.1 Å². The average molecular weight is 395 g/mol. The quantitative estimate of drug-likeness (QED) is 0.730. The first kappa shape index (κ1) is 19.0. The Bertz CT molecular complexity index is 1020. The average Bonchev–Trinajstić information content (AvgIpc) is 3.21. The number of nitrogens with zero attached hydrogens (tertiary/aromatic N) is 6. The largest absolute Gasteiger partial charge is 0.495 e. The standard InChI is InChI=1S/C20H25N7O2/c1-4-15-14(2)23-19-21-13-22-27(19)18(15)25-9-11-26(12-10-25)20(28)24-16-7-5-6-8-17(16)29-3/h5-8,13H,4,9-12H2,1-3H3,(H,24,28). The number of urea groups is 1. The summed E-state index contributed by atoms with van der Waals surface area (Å²) in [6.07, 6.45) is 2.39. The maximum absolute atomic E-state index is 12.7. The number of nitrogens with one attached hydrogen (secondary N) is 1. The molecule has 152 valence electrons. The van der Waals surface area contributed by atoms with Gasteiger partial charge in [0.25, 0.3) is 5.78 Å². The number of aryl methyl sites for hydroxylation is 1. The van der Waals surface area contributed by atoms with Gasteiger partial charge in [0.2, 0.25) is 0 Å². The number of ether oxygens (including phenoxy) is 1. The smallest absolute Gasteiger partial charge is 0.322 e. The Hall–Kier alpha value is -3.36. The summed E-state index contributed by atoms with van der Waals surface area (Å²) in [5, 5.41) is 7.32. The van der Waals surface area contributed by atoms with Crippen LogP contribution in [0.25, 0.3) is 5.78 Å². The molecule has 0 bridgehead atoms. The Kier molecular flexibility index (Phi) is 5.20.